The number of hydrogen-bond acceptors (Lipinski definition) is 5. The quantitative estimate of drug-likeness (QED) is 0.419. The van der Waals surface area contributed by atoms with Gasteiger partial charge in [0.05, 0.1) is 5.92 Å². The fourth-order valence-corrected chi connectivity index (χ4v) is 6.63. The number of benzene rings is 1. The van der Waals surface area contributed by atoms with Crippen LogP contribution in [0.4, 0.5) is 4.79 Å². The molecule has 3 fully saturated rings. The largest absolute Gasteiger partial charge is 0.465 e. The highest BCUT2D eigenvalue weighted by Gasteiger charge is 2.62. The van der Waals surface area contributed by atoms with E-state index in [4.69, 9.17) is 4.74 Å². The highest BCUT2D eigenvalue weighted by Crippen LogP contribution is 2.46. The number of nitrogens with one attached hydrogen (secondary N) is 1. The Morgan fingerprint density at radius 3 is 2.36 bits per heavy atom. The second-order valence-corrected chi connectivity index (χ2v) is 10.7. The molecule has 0 spiro atoms. The minimum absolute atomic E-state index is 0.187. The summed E-state index contributed by atoms with van der Waals surface area (Å²) < 4.78 is 5.53. The first-order valence-electron chi connectivity index (χ1n) is 13.2. The van der Waals surface area contributed by atoms with Crippen LogP contribution in [0.1, 0.15) is 75.3 Å². The third-order valence-corrected chi connectivity index (χ3v) is 8.53. The van der Waals surface area contributed by atoms with Crippen LogP contribution in [0.3, 0.4) is 0 Å². The molecule has 3 N–H and O–H groups in total. The van der Waals surface area contributed by atoms with E-state index in [1.54, 1.807) is 10.4 Å². The molecule has 1 aromatic carbocycles. The first kappa shape index (κ1) is 26.4. The second-order valence-electron chi connectivity index (χ2n) is 10.7. The van der Waals surface area contributed by atoms with Crippen molar-refractivity contribution in [2.45, 2.75) is 69.7 Å². The molecule has 3 amide bonds. The Hall–Kier alpha value is -2.65. The number of hydrogen-bond donors (Lipinski definition) is 3. The molecule has 1 aromatic rings. The van der Waals surface area contributed by atoms with E-state index in [9.17, 15) is 24.7 Å². The predicted octanol–water partition coefficient (Wildman–Crippen LogP) is 3.58. The van der Waals surface area contributed by atoms with E-state index in [2.05, 4.69) is 38.1 Å². The van der Waals surface area contributed by atoms with E-state index in [0.29, 0.717) is 63.8 Å². The lowest BCUT2D eigenvalue weighted by Gasteiger charge is -2.55. The monoisotopic (exact) mass is 501 g/mol. The van der Waals surface area contributed by atoms with E-state index in [1.807, 2.05) is 0 Å². The van der Waals surface area contributed by atoms with Gasteiger partial charge in [-0.2, -0.15) is 0 Å². The molecule has 9 nitrogen and oxygen atoms in total. The summed E-state index contributed by atoms with van der Waals surface area (Å²) in [6.45, 7) is 6.36. The van der Waals surface area contributed by atoms with Crippen LogP contribution in [0.5, 0.6) is 0 Å². The highest BCUT2D eigenvalue weighted by atomic mass is 16.5. The van der Waals surface area contributed by atoms with Crippen LogP contribution < -0.4 is 5.48 Å². The summed E-state index contributed by atoms with van der Waals surface area (Å²) in [5.74, 6) is -1.55. The van der Waals surface area contributed by atoms with Crippen LogP contribution in [0, 0.1) is 11.8 Å². The van der Waals surface area contributed by atoms with Crippen molar-refractivity contribution in [2.75, 3.05) is 32.8 Å². The molecule has 9 heteroatoms. The van der Waals surface area contributed by atoms with Crippen molar-refractivity contribution in [2.24, 2.45) is 11.8 Å². The Bertz CT molecular complexity index is 955. The number of ether oxygens (including phenoxy) is 1. The van der Waals surface area contributed by atoms with Crippen molar-refractivity contribution in [3.63, 3.8) is 0 Å². The zero-order chi connectivity index (χ0) is 25.9. The Labute approximate surface area is 212 Å². The van der Waals surface area contributed by atoms with Crippen LogP contribution >= 0.6 is 0 Å². The SMILES string of the molecule is CC(C)c1cccc(C2CCN(C(=O)[C@]3(C4CCOCC4)[C@@H](C(=O)NO)CCCN3C(=O)O)CC2)c1. The standard InChI is InChI=1S/C27H39N3O6/c1-18(2)20-5-3-6-21(17-20)19-8-13-29(14-9-19)25(32)27(22-10-15-36-16-11-22)23(24(31)28-35)7-4-12-30(27)26(33)34/h3,5-6,17-19,22-23,35H,4,7-16H2,1-2H3,(H,28,31)(H,33,34)/t23-,27+/m1/s1. The zero-order valence-electron chi connectivity index (χ0n) is 21.3. The van der Waals surface area contributed by atoms with Crippen LogP contribution in [0.15, 0.2) is 24.3 Å². The molecule has 3 aliphatic heterocycles. The zero-order valence-corrected chi connectivity index (χ0v) is 21.3. The summed E-state index contributed by atoms with van der Waals surface area (Å²) >= 11 is 0. The number of likely N-dealkylation sites (tertiary alicyclic amines) is 2. The summed E-state index contributed by atoms with van der Waals surface area (Å²) in [7, 11) is 0. The molecule has 198 valence electrons. The van der Waals surface area contributed by atoms with Crippen molar-refractivity contribution in [1.29, 1.82) is 0 Å². The van der Waals surface area contributed by atoms with Gasteiger partial charge in [0, 0.05) is 32.8 Å². The van der Waals surface area contributed by atoms with Gasteiger partial charge in [0.25, 0.3) is 0 Å². The maximum absolute atomic E-state index is 14.4. The Morgan fingerprint density at radius 2 is 1.75 bits per heavy atom. The third kappa shape index (κ3) is 4.83. The molecule has 3 heterocycles. The number of carbonyl (C=O) groups excluding carboxylic acids is 2. The number of piperidine rings is 2. The molecule has 3 aliphatic rings. The number of hydroxylamine groups is 1. The fraction of sp³-hybridized carbons (Fsp3) is 0.667. The maximum Gasteiger partial charge on any atom is 0.408 e. The average Bonchev–Trinajstić information content (AvgIpc) is 2.92. The van der Waals surface area contributed by atoms with Crippen molar-refractivity contribution < 1.29 is 29.4 Å². The lowest BCUT2D eigenvalue weighted by Crippen LogP contribution is -2.73. The molecular weight excluding hydrogens is 462 g/mol. The number of nitrogens with zero attached hydrogens (tertiary/aromatic N) is 2. The Balaban J connectivity index is 1.64. The van der Waals surface area contributed by atoms with Gasteiger partial charge >= 0.3 is 6.09 Å². The van der Waals surface area contributed by atoms with E-state index >= 15 is 0 Å². The van der Waals surface area contributed by atoms with Gasteiger partial charge in [-0.3, -0.25) is 19.7 Å². The smallest absolute Gasteiger partial charge is 0.408 e. The molecule has 4 rings (SSSR count). The average molecular weight is 502 g/mol. The number of amides is 3. The van der Waals surface area contributed by atoms with Gasteiger partial charge in [-0.25, -0.2) is 10.3 Å². The number of rotatable bonds is 5. The molecule has 0 aliphatic carbocycles. The molecule has 2 atom stereocenters. The molecule has 0 aromatic heterocycles. The van der Waals surface area contributed by atoms with Crippen LogP contribution in [-0.2, 0) is 14.3 Å². The first-order chi connectivity index (χ1) is 17.3. The minimum atomic E-state index is -1.55. The molecule has 0 bridgehead atoms. The predicted molar refractivity (Wildman–Crippen MR) is 133 cm³/mol. The number of carboxylic acid groups (broad SMARTS) is 1. The van der Waals surface area contributed by atoms with Crippen LogP contribution in [0.25, 0.3) is 0 Å². The van der Waals surface area contributed by atoms with E-state index in [-0.39, 0.29) is 18.4 Å². The summed E-state index contributed by atoms with van der Waals surface area (Å²) in [5.41, 5.74) is 2.74. The summed E-state index contributed by atoms with van der Waals surface area (Å²) in [5, 5.41) is 19.8. The second kappa shape index (κ2) is 11.2. The van der Waals surface area contributed by atoms with Crippen LogP contribution in [-0.4, -0.2) is 76.4 Å². The summed E-state index contributed by atoms with van der Waals surface area (Å²) in [6, 6.07) is 8.63. The van der Waals surface area contributed by atoms with Gasteiger partial charge in [-0.1, -0.05) is 38.1 Å². The van der Waals surface area contributed by atoms with Crippen molar-refractivity contribution in [3.8, 4) is 0 Å². The molecule has 0 saturated carbocycles. The lowest BCUT2D eigenvalue weighted by atomic mass is 9.64. The van der Waals surface area contributed by atoms with Gasteiger partial charge < -0.3 is 14.7 Å². The first-order valence-corrected chi connectivity index (χ1v) is 13.2. The molecule has 3 saturated heterocycles. The van der Waals surface area contributed by atoms with Gasteiger partial charge in [0.2, 0.25) is 11.8 Å². The van der Waals surface area contributed by atoms with Crippen LogP contribution in [0.2, 0.25) is 0 Å². The molecule has 36 heavy (non-hydrogen) atoms. The normalized spacial score (nSPS) is 26.2. The number of carbonyl (C=O) groups is 3. The maximum atomic E-state index is 14.4. The Kier molecular flexibility index (Phi) is 8.20. The van der Waals surface area contributed by atoms with Gasteiger partial charge in [-0.05, 0) is 67.4 Å². The van der Waals surface area contributed by atoms with Crippen molar-refractivity contribution in [1.82, 2.24) is 15.3 Å². The van der Waals surface area contributed by atoms with Crippen molar-refractivity contribution >= 4 is 17.9 Å². The molecular formula is C27H39N3O6. The van der Waals surface area contributed by atoms with Gasteiger partial charge in [0.1, 0.15) is 5.54 Å². The van der Waals surface area contributed by atoms with Gasteiger partial charge in [-0.15, -0.1) is 0 Å². The summed E-state index contributed by atoms with van der Waals surface area (Å²) in [4.78, 5) is 42.8. The van der Waals surface area contributed by atoms with E-state index in [0.717, 1.165) is 12.8 Å². The summed E-state index contributed by atoms with van der Waals surface area (Å²) in [6.07, 6.45) is 2.13. The topological polar surface area (TPSA) is 119 Å². The highest BCUT2D eigenvalue weighted by molar-refractivity contribution is 5.96. The molecule has 0 unspecified atom stereocenters. The lowest BCUT2D eigenvalue weighted by molar-refractivity contribution is -0.169. The third-order valence-electron chi connectivity index (χ3n) is 8.53. The minimum Gasteiger partial charge on any atom is -0.465 e. The molecule has 0 radical (unpaired) electrons. The van der Waals surface area contributed by atoms with Gasteiger partial charge in [0.15, 0.2) is 0 Å². The Morgan fingerprint density at radius 1 is 1.06 bits per heavy atom. The van der Waals surface area contributed by atoms with Crippen molar-refractivity contribution in [3.05, 3.63) is 35.4 Å². The van der Waals surface area contributed by atoms with E-state index < -0.39 is 23.5 Å². The van der Waals surface area contributed by atoms with E-state index in [1.165, 1.54) is 16.0 Å². The fourth-order valence-electron chi connectivity index (χ4n) is 6.63.